The molecule has 0 saturated carbocycles. The summed E-state index contributed by atoms with van der Waals surface area (Å²) in [5.74, 6) is 0.217. The molecule has 0 heterocycles. The summed E-state index contributed by atoms with van der Waals surface area (Å²) in [4.78, 5) is 11.8. The first kappa shape index (κ1) is 12.8. The number of nitrogens with one attached hydrogen (secondary N) is 1. The first-order valence-corrected chi connectivity index (χ1v) is 5.42. The van der Waals surface area contributed by atoms with Crippen molar-refractivity contribution in [3.05, 3.63) is 65.2 Å². The molecule has 2 aromatic carbocycles. The zero-order chi connectivity index (χ0) is 13.8. The Kier molecular flexibility index (Phi) is 3.58. The van der Waals surface area contributed by atoms with Gasteiger partial charge in [-0.15, -0.1) is 6.42 Å². The van der Waals surface area contributed by atoms with E-state index < -0.39 is 17.5 Å². The molecule has 0 radical (unpaired) electrons. The van der Waals surface area contributed by atoms with E-state index in [0.717, 1.165) is 12.1 Å². The highest BCUT2D eigenvalue weighted by atomic mass is 19.1. The molecule has 0 unspecified atom stereocenters. The average Bonchev–Trinajstić information content (AvgIpc) is 2.37. The maximum atomic E-state index is 13.0. The summed E-state index contributed by atoms with van der Waals surface area (Å²) in [6, 6.07) is 9.24. The van der Waals surface area contributed by atoms with Gasteiger partial charge in [0.1, 0.15) is 11.6 Å². The molecule has 0 spiro atoms. The van der Waals surface area contributed by atoms with Crippen molar-refractivity contribution in [2.75, 3.05) is 5.32 Å². The van der Waals surface area contributed by atoms with Crippen LogP contribution in [0.2, 0.25) is 0 Å². The molecule has 94 valence electrons. The van der Waals surface area contributed by atoms with Gasteiger partial charge >= 0.3 is 0 Å². The zero-order valence-electron chi connectivity index (χ0n) is 9.78. The minimum atomic E-state index is -0.803. The van der Waals surface area contributed by atoms with E-state index in [1.54, 1.807) is 24.3 Å². The van der Waals surface area contributed by atoms with Crippen molar-refractivity contribution >= 4 is 11.6 Å². The van der Waals surface area contributed by atoms with Gasteiger partial charge < -0.3 is 5.32 Å². The van der Waals surface area contributed by atoms with E-state index >= 15 is 0 Å². The van der Waals surface area contributed by atoms with Crippen molar-refractivity contribution in [3.8, 4) is 12.3 Å². The molecular weight excluding hydrogens is 248 g/mol. The highest BCUT2D eigenvalue weighted by Gasteiger charge is 2.09. The van der Waals surface area contributed by atoms with Crippen LogP contribution in [0.25, 0.3) is 0 Å². The molecule has 0 aliphatic carbocycles. The molecule has 1 amide bonds. The molecule has 0 bridgehead atoms. The topological polar surface area (TPSA) is 29.1 Å². The van der Waals surface area contributed by atoms with Crippen LogP contribution >= 0.6 is 0 Å². The Labute approximate surface area is 109 Å². The molecule has 19 heavy (non-hydrogen) atoms. The zero-order valence-corrected chi connectivity index (χ0v) is 9.78. The lowest BCUT2D eigenvalue weighted by Crippen LogP contribution is -2.12. The van der Waals surface area contributed by atoms with Crippen molar-refractivity contribution in [2.45, 2.75) is 0 Å². The summed E-state index contributed by atoms with van der Waals surface area (Å²) in [6.07, 6.45) is 5.24. The van der Waals surface area contributed by atoms with Gasteiger partial charge in [0.25, 0.3) is 5.91 Å². The minimum Gasteiger partial charge on any atom is -0.322 e. The number of terminal acetylenes is 1. The van der Waals surface area contributed by atoms with Crippen LogP contribution in [-0.2, 0) is 0 Å². The molecule has 1 N–H and O–H groups in total. The highest BCUT2D eigenvalue weighted by Crippen LogP contribution is 2.13. The van der Waals surface area contributed by atoms with Crippen LogP contribution in [0.5, 0.6) is 0 Å². The fraction of sp³-hybridized carbons (Fsp3) is 0. The van der Waals surface area contributed by atoms with Crippen LogP contribution in [0.15, 0.2) is 42.5 Å². The van der Waals surface area contributed by atoms with E-state index in [2.05, 4.69) is 11.2 Å². The van der Waals surface area contributed by atoms with Gasteiger partial charge in [0.15, 0.2) is 0 Å². The van der Waals surface area contributed by atoms with Crippen LogP contribution in [0.3, 0.4) is 0 Å². The number of hydrogen-bond acceptors (Lipinski definition) is 1. The first-order chi connectivity index (χ1) is 9.08. The third-order valence-corrected chi connectivity index (χ3v) is 2.41. The van der Waals surface area contributed by atoms with E-state index in [4.69, 9.17) is 6.42 Å². The Bertz CT molecular complexity index is 654. The predicted octanol–water partition coefficient (Wildman–Crippen LogP) is 3.20. The number of amides is 1. The molecule has 0 saturated heterocycles. The summed E-state index contributed by atoms with van der Waals surface area (Å²) in [5, 5.41) is 2.52. The van der Waals surface area contributed by atoms with E-state index in [9.17, 15) is 13.6 Å². The van der Waals surface area contributed by atoms with Crippen LogP contribution in [-0.4, -0.2) is 5.91 Å². The fourth-order valence-electron chi connectivity index (χ4n) is 1.57. The number of benzene rings is 2. The molecule has 4 heteroatoms. The predicted molar refractivity (Wildman–Crippen MR) is 68.7 cm³/mol. The largest absolute Gasteiger partial charge is 0.322 e. The maximum absolute atomic E-state index is 13.0. The number of carbonyl (C=O) groups excluding carboxylic acids is 1. The Morgan fingerprint density at radius 3 is 2.42 bits per heavy atom. The summed E-state index contributed by atoms with van der Waals surface area (Å²) in [6.45, 7) is 0. The van der Waals surface area contributed by atoms with E-state index in [1.165, 1.54) is 0 Å². The number of rotatable bonds is 2. The van der Waals surface area contributed by atoms with Crippen molar-refractivity contribution < 1.29 is 13.6 Å². The number of anilines is 1. The molecule has 0 aliphatic rings. The molecular formula is C15H9F2NO. The van der Waals surface area contributed by atoms with Crippen LogP contribution < -0.4 is 5.32 Å². The lowest BCUT2D eigenvalue weighted by molar-refractivity contribution is 0.102. The summed E-state index contributed by atoms with van der Waals surface area (Å²) in [5.41, 5.74) is 0.969. The molecule has 0 fully saturated rings. The Morgan fingerprint density at radius 1 is 1.11 bits per heavy atom. The minimum absolute atomic E-state index is 0.0939. The van der Waals surface area contributed by atoms with Gasteiger partial charge in [0, 0.05) is 22.9 Å². The van der Waals surface area contributed by atoms with Gasteiger partial charge in [-0.2, -0.15) is 0 Å². The summed E-state index contributed by atoms with van der Waals surface area (Å²) < 4.78 is 26.0. The summed E-state index contributed by atoms with van der Waals surface area (Å²) >= 11 is 0. The van der Waals surface area contributed by atoms with Gasteiger partial charge in [0.2, 0.25) is 0 Å². The standard InChI is InChI=1S/C15H9F2NO/c1-2-10-4-3-5-14(6-10)18-15(19)11-7-12(16)9-13(17)8-11/h1,3-9H,(H,18,19). The van der Waals surface area contributed by atoms with Crippen molar-refractivity contribution in [1.82, 2.24) is 0 Å². The highest BCUT2D eigenvalue weighted by molar-refractivity contribution is 6.04. The normalized spacial score (nSPS) is 9.74. The fourth-order valence-corrected chi connectivity index (χ4v) is 1.57. The maximum Gasteiger partial charge on any atom is 0.255 e. The smallest absolute Gasteiger partial charge is 0.255 e. The lowest BCUT2D eigenvalue weighted by Gasteiger charge is -2.06. The van der Waals surface area contributed by atoms with Crippen LogP contribution in [0, 0.1) is 24.0 Å². The number of carbonyl (C=O) groups is 1. The van der Waals surface area contributed by atoms with Gasteiger partial charge in [0.05, 0.1) is 0 Å². The monoisotopic (exact) mass is 257 g/mol. The third kappa shape index (κ3) is 3.17. The first-order valence-electron chi connectivity index (χ1n) is 5.42. The Balaban J connectivity index is 2.23. The second-order valence-electron chi connectivity index (χ2n) is 3.84. The van der Waals surface area contributed by atoms with Crippen LogP contribution in [0.1, 0.15) is 15.9 Å². The summed E-state index contributed by atoms with van der Waals surface area (Å²) in [7, 11) is 0. The van der Waals surface area contributed by atoms with Gasteiger partial charge in [-0.25, -0.2) is 8.78 Å². The van der Waals surface area contributed by atoms with E-state index in [0.29, 0.717) is 17.3 Å². The molecule has 2 nitrogen and oxygen atoms in total. The molecule has 0 atom stereocenters. The molecule has 0 aliphatic heterocycles. The second kappa shape index (κ2) is 5.32. The van der Waals surface area contributed by atoms with Gasteiger partial charge in [-0.1, -0.05) is 12.0 Å². The average molecular weight is 257 g/mol. The number of hydrogen-bond donors (Lipinski definition) is 1. The quantitative estimate of drug-likeness (QED) is 0.822. The SMILES string of the molecule is C#Cc1cccc(NC(=O)c2cc(F)cc(F)c2)c1. The molecule has 2 rings (SSSR count). The number of halogens is 2. The van der Waals surface area contributed by atoms with Crippen molar-refractivity contribution in [1.29, 1.82) is 0 Å². The van der Waals surface area contributed by atoms with Gasteiger partial charge in [-0.3, -0.25) is 4.79 Å². The van der Waals surface area contributed by atoms with Crippen molar-refractivity contribution in [2.24, 2.45) is 0 Å². The molecule has 0 aromatic heterocycles. The Hall–Kier alpha value is -2.67. The van der Waals surface area contributed by atoms with E-state index in [1.807, 2.05) is 0 Å². The van der Waals surface area contributed by atoms with Crippen LogP contribution in [0.4, 0.5) is 14.5 Å². The lowest BCUT2D eigenvalue weighted by atomic mass is 10.1. The Morgan fingerprint density at radius 2 is 1.79 bits per heavy atom. The van der Waals surface area contributed by atoms with Crippen molar-refractivity contribution in [3.63, 3.8) is 0 Å². The van der Waals surface area contributed by atoms with Gasteiger partial charge in [-0.05, 0) is 30.3 Å². The third-order valence-electron chi connectivity index (χ3n) is 2.41. The molecule has 2 aromatic rings. The second-order valence-corrected chi connectivity index (χ2v) is 3.84. The van der Waals surface area contributed by atoms with E-state index in [-0.39, 0.29) is 5.56 Å².